The molecule has 4 N–H and O–H groups in total. The van der Waals surface area contributed by atoms with E-state index in [0.717, 1.165) is 43.3 Å². The minimum Gasteiger partial charge on any atom is -0.464 e. The van der Waals surface area contributed by atoms with E-state index in [1.54, 1.807) is 12.1 Å². The largest absolute Gasteiger partial charge is 0.464 e. The van der Waals surface area contributed by atoms with Crippen LogP contribution >= 0.6 is 15.9 Å². The second-order valence-electron chi connectivity index (χ2n) is 9.39. The number of nitrogens with zero attached hydrogens (tertiary/aromatic N) is 2. The number of rotatable bonds is 9. The summed E-state index contributed by atoms with van der Waals surface area (Å²) in [6.45, 7) is 1.52. The third kappa shape index (κ3) is 5.50. The third-order valence-electron chi connectivity index (χ3n) is 7.00. The van der Waals surface area contributed by atoms with E-state index in [0.29, 0.717) is 34.4 Å². The first kappa shape index (κ1) is 25.3. The molecule has 2 aromatic carbocycles. The summed E-state index contributed by atoms with van der Waals surface area (Å²) in [5, 5.41) is 13.0. The normalized spacial score (nSPS) is 23.0. The van der Waals surface area contributed by atoms with Crippen LogP contribution in [0.15, 0.2) is 65.3 Å². The Morgan fingerprint density at radius 1 is 1.30 bits per heavy atom. The molecule has 1 fully saturated rings. The van der Waals surface area contributed by atoms with Gasteiger partial charge in [-0.3, -0.25) is 4.79 Å². The van der Waals surface area contributed by atoms with Crippen LogP contribution in [0.4, 0.5) is 16.0 Å². The fourth-order valence-corrected chi connectivity index (χ4v) is 5.31. The number of dihydropyridines is 1. The molecule has 1 aromatic heterocycles. The molecule has 0 aliphatic carbocycles. The summed E-state index contributed by atoms with van der Waals surface area (Å²) >= 11 is 3.19. The summed E-state index contributed by atoms with van der Waals surface area (Å²) in [5.74, 6) is 1.19. The lowest BCUT2D eigenvalue weighted by Gasteiger charge is -2.44. The average Bonchev–Trinajstić information content (AvgIpc) is 3.21. The maximum absolute atomic E-state index is 14.0. The molecule has 1 amide bonds. The van der Waals surface area contributed by atoms with Gasteiger partial charge in [0, 0.05) is 43.5 Å². The molecule has 0 spiro atoms. The minimum atomic E-state index is -0.689. The smallest absolute Gasteiger partial charge is 0.208 e. The monoisotopic (exact) mass is 568 g/mol. The molecule has 2 aliphatic rings. The first-order valence-electron chi connectivity index (χ1n) is 12.4. The van der Waals surface area contributed by atoms with Gasteiger partial charge in [-0.2, -0.15) is 0 Å². The molecule has 3 unspecified atom stereocenters. The third-order valence-corrected chi connectivity index (χ3v) is 7.64. The van der Waals surface area contributed by atoms with Crippen molar-refractivity contribution < 1.29 is 13.9 Å². The highest BCUT2D eigenvalue weighted by atomic mass is 79.9. The molecule has 37 heavy (non-hydrogen) atoms. The maximum Gasteiger partial charge on any atom is 0.208 e. The van der Waals surface area contributed by atoms with Crippen molar-refractivity contribution in [2.75, 3.05) is 18.4 Å². The number of aromatic nitrogens is 2. The predicted octanol–water partition coefficient (Wildman–Crippen LogP) is 4.47. The quantitative estimate of drug-likeness (QED) is 0.225. The zero-order valence-corrected chi connectivity index (χ0v) is 22.1. The molecule has 1 saturated heterocycles. The summed E-state index contributed by atoms with van der Waals surface area (Å²) in [6.07, 6.45) is 11.4. The second-order valence-corrected chi connectivity index (χ2v) is 10.2. The fourth-order valence-electron chi connectivity index (χ4n) is 5.07. The van der Waals surface area contributed by atoms with Crippen molar-refractivity contribution >= 4 is 45.0 Å². The lowest BCUT2D eigenvalue weighted by molar-refractivity contribution is -0.109. The van der Waals surface area contributed by atoms with Crippen molar-refractivity contribution in [1.29, 1.82) is 0 Å². The minimum absolute atomic E-state index is 0.222. The van der Waals surface area contributed by atoms with E-state index in [9.17, 15) is 9.18 Å². The number of amides is 1. The Morgan fingerprint density at radius 2 is 2.19 bits per heavy atom. The highest BCUT2D eigenvalue weighted by Crippen LogP contribution is 2.35. The Kier molecular flexibility index (Phi) is 7.48. The van der Waals surface area contributed by atoms with E-state index in [2.05, 4.69) is 43.3 Å². The summed E-state index contributed by atoms with van der Waals surface area (Å²) in [5.41, 5.74) is 1.62. The molecule has 3 atom stereocenters. The summed E-state index contributed by atoms with van der Waals surface area (Å²) < 4.78 is 23.0. The van der Waals surface area contributed by atoms with Gasteiger partial charge >= 0.3 is 0 Å². The van der Waals surface area contributed by atoms with Crippen LogP contribution in [-0.2, 0) is 11.8 Å². The van der Waals surface area contributed by atoms with Crippen LogP contribution in [-0.4, -0.2) is 40.8 Å². The zero-order valence-electron chi connectivity index (χ0n) is 20.5. The Bertz CT molecular complexity index is 1340. The van der Waals surface area contributed by atoms with E-state index in [1.807, 2.05) is 48.2 Å². The molecule has 3 heterocycles. The topological polar surface area (TPSA) is 92.2 Å². The van der Waals surface area contributed by atoms with Gasteiger partial charge in [-0.05, 0) is 84.2 Å². The van der Waals surface area contributed by atoms with Crippen molar-refractivity contribution in [2.24, 2.45) is 13.0 Å². The SMILES string of the molecule is Cn1c(Nc2ccc(Br)c(F)c2)nc2cc(OC3(C4CCNC(CCNC=O)C4)C=CC=CN3)ccc21. The van der Waals surface area contributed by atoms with Crippen LogP contribution in [0.3, 0.4) is 0 Å². The van der Waals surface area contributed by atoms with Crippen LogP contribution in [0.5, 0.6) is 5.75 Å². The number of halogens is 2. The highest BCUT2D eigenvalue weighted by Gasteiger charge is 2.41. The van der Waals surface area contributed by atoms with Crippen molar-refractivity contribution in [3.8, 4) is 5.75 Å². The van der Waals surface area contributed by atoms with Crippen LogP contribution in [0, 0.1) is 11.7 Å². The second kappa shape index (κ2) is 10.9. The lowest BCUT2D eigenvalue weighted by Crippen LogP contribution is -2.57. The number of allylic oxidation sites excluding steroid dienone is 2. The number of carbonyl (C=O) groups excluding carboxylic acids is 1. The number of aryl methyl sites for hydroxylation is 1. The van der Waals surface area contributed by atoms with Gasteiger partial charge in [0.2, 0.25) is 18.1 Å². The van der Waals surface area contributed by atoms with Crippen LogP contribution in [0.2, 0.25) is 0 Å². The molecule has 194 valence electrons. The van der Waals surface area contributed by atoms with Crippen molar-refractivity contribution in [1.82, 2.24) is 25.5 Å². The summed E-state index contributed by atoms with van der Waals surface area (Å²) in [4.78, 5) is 15.4. The summed E-state index contributed by atoms with van der Waals surface area (Å²) in [7, 11) is 1.92. The number of fused-ring (bicyclic) bond motifs is 1. The molecule has 8 nitrogen and oxygen atoms in total. The van der Waals surface area contributed by atoms with E-state index >= 15 is 0 Å². The van der Waals surface area contributed by atoms with Gasteiger partial charge in [-0.15, -0.1) is 0 Å². The van der Waals surface area contributed by atoms with Crippen molar-refractivity contribution in [2.45, 2.75) is 31.0 Å². The zero-order chi connectivity index (χ0) is 25.8. The number of anilines is 2. The number of piperidine rings is 1. The van der Waals surface area contributed by atoms with Gasteiger partial charge in [0.1, 0.15) is 11.6 Å². The van der Waals surface area contributed by atoms with Crippen molar-refractivity contribution in [3.63, 3.8) is 0 Å². The Morgan fingerprint density at radius 3 is 2.97 bits per heavy atom. The number of ether oxygens (including phenoxy) is 1. The fraction of sp³-hybridized carbons (Fsp3) is 0.333. The number of hydrogen-bond acceptors (Lipinski definition) is 6. The van der Waals surface area contributed by atoms with E-state index in [-0.39, 0.29) is 11.7 Å². The van der Waals surface area contributed by atoms with Gasteiger partial charge in [0.25, 0.3) is 0 Å². The number of imidazole rings is 1. The van der Waals surface area contributed by atoms with E-state index in [4.69, 9.17) is 9.72 Å². The number of carbonyl (C=O) groups is 1. The van der Waals surface area contributed by atoms with Gasteiger partial charge in [0.15, 0.2) is 0 Å². The van der Waals surface area contributed by atoms with Crippen LogP contribution in [0.25, 0.3) is 11.0 Å². The molecule has 0 saturated carbocycles. The number of nitrogens with one attached hydrogen (secondary N) is 4. The van der Waals surface area contributed by atoms with Gasteiger partial charge in [0.05, 0.1) is 15.5 Å². The first-order chi connectivity index (χ1) is 18.0. The molecule has 10 heteroatoms. The van der Waals surface area contributed by atoms with Gasteiger partial charge in [-0.1, -0.05) is 6.08 Å². The van der Waals surface area contributed by atoms with Gasteiger partial charge < -0.3 is 30.6 Å². The molecule has 0 radical (unpaired) electrons. The van der Waals surface area contributed by atoms with Crippen LogP contribution < -0.4 is 26.0 Å². The standard InChI is InChI=1S/C27H30BrFN6O2/c1-35-25-7-5-21(16-24(25)34-26(35)33-20-4-6-22(28)23(29)15-20)37-27(10-2-3-11-32-27)18-8-13-31-19(14-18)9-12-30-17-36/h2-7,10-11,15-19,31-32H,8-9,12-14H2,1H3,(H,30,36)(H,33,34). The van der Waals surface area contributed by atoms with E-state index < -0.39 is 5.72 Å². The van der Waals surface area contributed by atoms with Crippen LogP contribution in [0.1, 0.15) is 19.3 Å². The molecular weight excluding hydrogens is 539 g/mol. The van der Waals surface area contributed by atoms with Gasteiger partial charge in [-0.25, -0.2) is 9.37 Å². The molecule has 0 bridgehead atoms. The Hall–Kier alpha value is -3.37. The molecule has 2 aliphatic heterocycles. The Labute approximate surface area is 223 Å². The maximum atomic E-state index is 14.0. The Balaban J connectivity index is 1.37. The predicted molar refractivity (Wildman–Crippen MR) is 146 cm³/mol. The highest BCUT2D eigenvalue weighted by molar-refractivity contribution is 9.10. The number of benzene rings is 2. The van der Waals surface area contributed by atoms with Crippen molar-refractivity contribution in [3.05, 3.63) is 71.1 Å². The molecule has 5 rings (SSSR count). The number of hydrogen-bond donors (Lipinski definition) is 4. The average molecular weight is 569 g/mol. The lowest BCUT2D eigenvalue weighted by atomic mass is 9.81. The molecule has 3 aromatic rings. The van der Waals surface area contributed by atoms with E-state index in [1.165, 1.54) is 6.07 Å². The summed E-state index contributed by atoms with van der Waals surface area (Å²) in [6, 6.07) is 11.0. The first-order valence-corrected chi connectivity index (χ1v) is 13.2. The molecular formula is C27H30BrFN6O2.